The van der Waals surface area contributed by atoms with E-state index in [1.807, 2.05) is 39.5 Å². The van der Waals surface area contributed by atoms with Gasteiger partial charge in [-0.3, -0.25) is 0 Å². The number of benzene rings is 1. The van der Waals surface area contributed by atoms with E-state index in [9.17, 15) is 14.3 Å². The molecule has 2 fully saturated rings. The first kappa shape index (κ1) is 19.2. The lowest BCUT2D eigenvalue weighted by atomic mass is 9.70. The minimum absolute atomic E-state index is 0.0498. The quantitative estimate of drug-likeness (QED) is 0.794. The molecule has 2 aliphatic rings. The summed E-state index contributed by atoms with van der Waals surface area (Å²) in [5.74, 6) is -0.279. The number of carbonyl (C=O) groups is 1. The van der Waals surface area contributed by atoms with Crippen molar-refractivity contribution in [3.63, 3.8) is 0 Å². The van der Waals surface area contributed by atoms with Gasteiger partial charge in [0.1, 0.15) is 11.4 Å². The van der Waals surface area contributed by atoms with Crippen LogP contribution in [0, 0.1) is 19.7 Å². The van der Waals surface area contributed by atoms with Crippen molar-refractivity contribution in [3.05, 3.63) is 34.6 Å². The Morgan fingerprint density at radius 3 is 2.15 bits per heavy atom. The smallest absolute Gasteiger partial charge is 0.410 e. The van der Waals surface area contributed by atoms with Crippen molar-refractivity contribution in [2.45, 2.75) is 90.0 Å². The summed E-state index contributed by atoms with van der Waals surface area (Å²) in [4.78, 5) is 14.6. The first-order valence-corrected chi connectivity index (χ1v) is 9.51. The molecular weight excluding hydrogens is 333 g/mol. The molecule has 5 heteroatoms. The van der Waals surface area contributed by atoms with Crippen LogP contribution in [0.15, 0.2) is 12.1 Å². The highest BCUT2D eigenvalue weighted by Crippen LogP contribution is 2.46. The van der Waals surface area contributed by atoms with Crippen LogP contribution in [0.4, 0.5) is 9.18 Å². The van der Waals surface area contributed by atoms with E-state index in [1.54, 1.807) is 0 Å². The number of aliphatic hydroxyl groups is 1. The van der Waals surface area contributed by atoms with Crippen molar-refractivity contribution in [3.8, 4) is 0 Å². The number of piperidine rings is 2. The highest BCUT2D eigenvalue weighted by atomic mass is 19.1. The minimum Gasteiger partial charge on any atom is -0.444 e. The van der Waals surface area contributed by atoms with Crippen LogP contribution in [0.1, 0.15) is 69.6 Å². The van der Waals surface area contributed by atoms with Gasteiger partial charge in [-0.1, -0.05) is 0 Å². The van der Waals surface area contributed by atoms with Gasteiger partial charge in [-0.05, 0) is 82.7 Å². The number of halogens is 1. The Kier molecular flexibility index (Phi) is 4.80. The number of ether oxygens (including phenoxy) is 1. The number of fused-ring (bicyclic) bond motifs is 2. The maximum Gasteiger partial charge on any atom is 0.410 e. The summed E-state index contributed by atoms with van der Waals surface area (Å²) in [7, 11) is 0. The molecule has 2 atom stereocenters. The van der Waals surface area contributed by atoms with Gasteiger partial charge in [0.25, 0.3) is 0 Å². The standard InChI is InChI=1S/C21H30FNO3/c1-13-9-15(22)10-14(2)18(13)21(25)11-16-7-6-8-17(12-21)23(16)19(24)26-20(3,4)5/h9-10,16-17,25H,6-8,11-12H2,1-5H3. The second-order valence-electron chi connectivity index (χ2n) is 8.98. The Labute approximate surface area is 155 Å². The molecule has 2 bridgehead atoms. The van der Waals surface area contributed by atoms with Crippen molar-refractivity contribution in [2.24, 2.45) is 0 Å². The van der Waals surface area contributed by atoms with Gasteiger partial charge in [0.2, 0.25) is 0 Å². The van der Waals surface area contributed by atoms with Crippen LogP contribution in [0.3, 0.4) is 0 Å². The summed E-state index contributed by atoms with van der Waals surface area (Å²) in [6, 6.07) is 2.87. The molecular formula is C21H30FNO3. The van der Waals surface area contributed by atoms with Crippen LogP contribution in [0.25, 0.3) is 0 Å². The number of hydrogen-bond acceptors (Lipinski definition) is 3. The zero-order valence-corrected chi connectivity index (χ0v) is 16.4. The summed E-state index contributed by atoms with van der Waals surface area (Å²) >= 11 is 0. The Morgan fingerprint density at radius 1 is 1.19 bits per heavy atom. The number of aryl methyl sites for hydroxylation is 2. The second-order valence-corrected chi connectivity index (χ2v) is 8.98. The van der Waals surface area contributed by atoms with Gasteiger partial charge in [-0.25, -0.2) is 9.18 Å². The van der Waals surface area contributed by atoms with Crippen molar-refractivity contribution in [2.75, 3.05) is 0 Å². The van der Waals surface area contributed by atoms with Crippen molar-refractivity contribution >= 4 is 6.09 Å². The van der Waals surface area contributed by atoms with Gasteiger partial charge in [0, 0.05) is 24.9 Å². The molecule has 144 valence electrons. The van der Waals surface area contributed by atoms with Gasteiger partial charge >= 0.3 is 6.09 Å². The lowest BCUT2D eigenvalue weighted by Crippen LogP contribution is -2.59. The first-order valence-electron chi connectivity index (χ1n) is 9.51. The molecule has 0 spiro atoms. The average molecular weight is 363 g/mol. The van der Waals surface area contributed by atoms with Gasteiger partial charge in [-0.2, -0.15) is 0 Å². The number of rotatable bonds is 1. The van der Waals surface area contributed by atoms with Gasteiger partial charge in [-0.15, -0.1) is 0 Å². The molecule has 2 aliphatic heterocycles. The molecule has 1 aromatic rings. The van der Waals surface area contributed by atoms with Crippen LogP contribution < -0.4 is 0 Å². The van der Waals surface area contributed by atoms with Crippen LogP contribution in [0.2, 0.25) is 0 Å². The van der Waals surface area contributed by atoms with E-state index in [2.05, 4.69) is 0 Å². The molecule has 26 heavy (non-hydrogen) atoms. The van der Waals surface area contributed by atoms with E-state index < -0.39 is 11.2 Å². The fraction of sp³-hybridized carbons (Fsp3) is 0.667. The highest BCUT2D eigenvalue weighted by Gasteiger charge is 2.49. The molecule has 1 N–H and O–H groups in total. The molecule has 2 heterocycles. The third-order valence-electron chi connectivity index (χ3n) is 5.58. The fourth-order valence-electron chi connectivity index (χ4n) is 4.89. The molecule has 1 aromatic carbocycles. The number of amides is 1. The molecule has 2 saturated heterocycles. The predicted octanol–water partition coefficient (Wildman–Crippen LogP) is 4.58. The largest absolute Gasteiger partial charge is 0.444 e. The predicted molar refractivity (Wildman–Crippen MR) is 98.5 cm³/mol. The Hall–Kier alpha value is -1.62. The maximum absolute atomic E-state index is 13.7. The van der Waals surface area contributed by atoms with Crippen LogP contribution >= 0.6 is 0 Å². The topological polar surface area (TPSA) is 49.8 Å². The third-order valence-corrected chi connectivity index (χ3v) is 5.58. The average Bonchev–Trinajstić information content (AvgIpc) is 2.42. The van der Waals surface area contributed by atoms with E-state index in [0.29, 0.717) is 12.8 Å². The van der Waals surface area contributed by atoms with Gasteiger partial charge in [0.15, 0.2) is 0 Å². The van der Waals surface area contributed by atoms with Gasteiger partial charge in [0.05, 0.1) is 5.60 Å². The van der Waals surface area contributed by atoms with Crippen LogP contribution in [-0.4, -0.2) is 33.8 Å². The van der Waals surface area contributed by atoms with Crippen LogP contribution in [-0.2, 0) is 10.3 Å². The third kappa shape index (κ3) is 3.59. The molecule has 0 radical (unpaired) electrons. The van der Waals surface area contributed by atoms with Crippen molar-refractivity contribution < 1.29 is 19.0 Å². The van der Waals surface area contributed by atoms with Crippen LogP contribution in [0.5, 0.6) is 0 Å². The molecule has 0 aliphatic carbocycles. The molecule has 3 rings (SSSR count). The highest BCUT2D eigenvalue weighted by molar-refractivity contribution is 5.69. The maximum atomic E-state index is 13.7. The number of nitrogens with zero attached hydrogens (tertiary/aromatic N) is 1. The SMILES string of the molecule is Cc1cc(F)cc(C)c1C1(O)CC2CCCC(C1)N2C(=O)OC(C)(C)C. The number of hydrogen-bond donors (Lipinski definition) is 1. The first-order chi connectivity index (χ1) is 12.0. The Balaban J connectivity index is 1.91. The molecule has 4 nitrogen and oxygen atoms in total. The van der Waals surface area contributed by atoms with Crippen molar-refractivity contribution in [1.82, 2.24) is 4.90 Å². The van der Waals surface area contributed by atoms with Crippen molar-refractivity contribution in [1.29, 1.82) is 0 Å². The lowest BCUT2D eigenvalue weighted by molar-refractivity contribution is -0.0970. The number of carbonyl (C=O) groups excluding carboxylic acids is 1. The second kappa shape index (κ2) is 6.52. The lowest BCUT2D eigenvalue weighted by Gasteiger charge is -2.52. The van der Waals surface area contributed by atoms with E-state index in [0.717, 1.165) is 36.0 Å². The molecule has 0 aromatic heterocycles. The summed E-state index contributed by atoms with van der Waals surface area (Å²) in [6.07, 6.45) is 3.41. The summed E-state index contributed by atoms with van der Waals surface area (Å²) in [6.45, 7) is 9.30. The minimum atomic E-state index is -1.03. The van der Waals surface area contributed by atoms with E-state index in [-0.39, 0.29) is 24.0 Å². The zero-order valence-electron chi connectivity index (χ0n) is 16.4. The Bertz CT molecular complexity index is 673. The van der Waals surface area contributed by atoms with E-state index in [4.69, 9.17) is 4.74 Å². The van der Waals surface area contributed by atoms with Gasteiger partial charge < -0.3 is 14.7 Å². The molecule has 0 saturated carbocycles. The zero-order chi connectivity index (χ0) is 19.3. The molecule has 2 unspecified atom stereocenters. The summed E-state index contributed by atoms with van der Waals surface area (Å²) in [5.41, 5.74) is 0.793. The van der Waals surface area contributed by atoms with E-state index >= 15 is 0 Å². The molecule has 1 amide bonds. The normalized spacial score (nSPS) is 28.8. The summed E-state index contributed by atoms with van der Waals surface area (Å²) in [5, 5.41) is 11.5. The fourth-order valence-corrected chi connectivity index (χ4v) is 4.89. The monoisotopic (exact) mass is 363 g/mol. The Morgan fingerprint density at radius 2 is 1.69 bits per heavy atom. The van der Waals surface area contributed by atoms with E-state index in [1.165, 1.54) is 12.1 Å². The summed E-state index contributed by atoms with van der Waals surface area (Å²) < 4.78 is 19.3.